The molecule has 4 rings (SSSR count). The van der Waals surface area contributed by atoms with Gasteiger partial charge in [-0.25, -0.2) is 4.39 Å². The Morgan fingerprint density at radius 3 is 2.23 bits per heavy atom. The summed E-state index contributed by atoms with van der Waals surface area (Å²) in [6.45, 7) is 2.18. The van der Waals surface area contributed by atoms with Crippen molar-refractivity contribution in [2.24, 2.45) is 0 Å². The van der Waals surface area contributed by atoms with Crippen LogP contribution in [0.25, 0.3) is 5.76 Å². The molecule has 2 aromatic carbocycles. The number of hydrogen-bond acceptors (Lipinski definition) is 4. The number of ketones is 1. The fourth-order valence-corrected chi connectivity index (χ4v) is 3.77. The van der Waals surface area contributed by atoms with Crippen LogP contribution in [0, 0.1) is 5.82 Å². The van der Waals surface area contributed by atoms with Gasteiger partial charge >= 0.3 is 0 Å². The number of aliphatic hydroxyl groups is 1. The Hall–Kier alpha value is -3.80. The molecule has 1 fully saturated rings. The van der Waals surface area contributed by atoms with Gasteiger partial charge in [0.2, 0.25) is 0 Å². The highest BCUT2D eigenvalue weighted by Gasteiger charge is 2.46. The summed E-state index contributed by atoms with van der Waals surface area (Å²) in [6, 6.07) is 15.5. The summed E-state index contributed by atoms with van der Waals surface area (Å²) in [5, 5.41) is 11.0. The van der Waals surface area contributed by atoms with Gasteiger partial charge in [0.25, 0.3) is 11.7 Å². The standard InChI is InChI=1S/C25H21FN2O3/c1-2-16-3-5-19(6-4-16)23(29)21-22(18-7-9-20(26)10-8-18)28(25(31)24(21)30)15-17-11-13-27-14-12-17/h3-14,22,29H,2,15H2,1H3/b23-21+. The summed E-state index contributed by atoms with van der Waals surface area (Å²) in [7, 11) is 0. The average Bonchev–Trinajstić information content (AvgIpc) is 3.05. The number of aliphatic hydroxyl groups excluding tert-OH is 1. The van der Waals surface area contributed by atoms with Gasteiger partial charge in [0.15, 0.2) is 0 Å². The summed E-state index contributed by atoms with van der Waals surface area (Å²) in [5.74, 6) is -2.14. The molecular weight excluding hydrogens is 395 g/mol. The van der Waals surface area contributed by atoms with E-state index in [4.69, 9.17) is 0 Å². The second kappa shape index (κ2) is 8.52. The van der Waals surface area contributed by atoms with Crippen LogP contribution in [0.2, 0.25) is 0 Å². The van der Waals surface area contributed by atoms with E-state index in [1.807, 2.05) is 19.1 Å². The maximum Gasteiger partial charge on any atom is 0.295 e. The highest BCUT2D eigenvalue weighted by Crippen LogP contribution is 2.40. The van der Waals surface area contributed by atoms with Crippen LogP contribution in [0.3, 0.4) is 0 Å². The quantitative estimate of drug-likeness (QED) is 0.380. The minimum absolute atomic E-state index is 0.00471. The smallest absolute Gasteiger partial charge is 0.295 e. The maximum atomic E-state index is 13.5. The van der Waals surface area contributed by atoms with Gasteiger partial charge < -0.3 is 10.0 Å². The second-order valence-electron chi connectivity index (χ2n) is 7.38. The van der Waals surface area contributed by atoms with Gasteiger partial charge in [-0.3, -0.25) is 14.6 Å². The molecule has 1 aliphatic heterocycles. The first-order valence-corrected chi connectivity index (χ1v) is 10.0. The topological polar surface area (TPSA) is 70.5 Å². The van der Waals surface area contributed by atoms with E-state index in [0.717, 1.165) is 17.5 Å². The third-order valence-electron chi connectivity index (χ3n) is 5.46. The van der Waals surface area contributed by atoms with Gasteiger partial charge in [-0.15, -0.1) is 0 Å². The molecule has 0 aliphatic carbocycles. The van der Waals surface area contributed by atoms with Gasteiger partial charge in [-0.1, -0.05) is 43.3 Å². The maximum absolute atomic E-state index is 13.5. The van der Waals surface area contributed by atoms with Crippen LogP contribution in [0.4, 0.5) is 4.39 Å². The zero-order valence-corrected chi connectivity index (χ0v) is 17.0. The van der Waals surface area contributed by atoms with E-state index in [0.29, 0.717) is 11.1 Å². The van der Waals surface area contributed by atoms with E-state index in [1.165, 1.54) is 29.2 Å². The average molecular weight is 416 g/mol. The summed E-state index contributed by atoms with van der Waals surface area (Å²) in [6.07, 6.45) is 4.05. The molecular formula is C25H21FN2O3. The summed E-state index contributed by atoms with van der Waals surface area (Å²) >= 11 is 0. The number of rotatable bonds is 5. The number of benzene rings is 2. The van der Waals surface area contributed by atoms with Crippen molar-refractivity contribution >= 4 is 17.4 Å². The molecule has 1 atom stereocenters. The lowest BCUT2D eigenvalue weighted by molar-refractivity contribution is -0.140. The number of carbonyl (C=O) groups excluding carboxylic acids is 2. The molecule has 1 aromatic heterocycles. The van der Waals surface area contributed by atoms with Crippen LogP contribution in [0.15, 0.2) is 78.6 Å². The first kappa shape index (κ1) is 20.5. The van der Waals surface area contributed by atoms with Crippen molar-refractivity contribution in [3.63, 3.8) is 0 Å². The molecule has 1 saturated heterocycles. The predicted molar refractivity (Wildman–Crippen MR) is 114 cm³/mol. The number of pyridine rings is 1. The number of carbonyl (C=O) groups is 2. The summed E-state index contributed by atoms with van der Waals surface area (Å²) in [4.78, 5) is 31.3. The molecule has 1 unspecified atom stereocenters. The largest absolute Gasteiger partial charge is 0.507 e. The molecule has 1 amide bonds. The second-order valence-corrected chi connectivity index (χ2v) is 7.38. The Labute approximate surface area is 179 Å². The molecule has 0 radical (unpaired) electrons. The van der Waals surface area contributed by atoms with Crippen LogP contribution in [-0.4, -0.2) is 26.7 Å². The van der Waals surface area contributed by atoms with Crippen LogP contribution in [0.1, 0.15) is 35.2 Å². The van der Waals surface area contributed by atoms with Gasteiger partial charge in [0.05, 0.1) is 11.6 Å². The number of amides is 1. The number of likely N-dealkylation sites (tertiary alicyclic amines) is 1. The van der Waals surface area contributed by atoms with Crippen molar-refractivity contribution in [3.8, 4) is 0 Å². The lowest BCUT2D eigenvalue weighted by atomic mass is 9.94. The monoisotopic (exact) mass is 416 g/mol. The Bertz CT molecular complexity index is 1140. The fourth-order valence-electron chi connectivity index (χ4n) is 3.77. The molecule has 1 N–H and O–H groups in total. The predicted octanol–water partition coefficient (Wildman–Crippen LogP) is 4.41. The molecule has 6 heteroatoms. The van der Waals surface area contributed by atoms with Gasteiger partial charge in [0.1, 0.15) is 11.6 Å². The molecule has 5 nitrogen and oxygen atoms in total. The normalized spacial score (nSPS) is 17.9. The first-order chi connectivity index (χ1) is 15.0. The Morgan fingerprint density at radius 2 is 1.61 bits per heavy atom. The molecule has 156 valence electrons. The van der Waals surface area contributed by atoms with Crippen molar-refractivity contribution in [1.29, 1.82) is 0 Å². The Balaban J connectivity index is 1.84. The van der Waals surface area contributed by atoms with Gasteiger partial charge in [-0.05, 0) is 47.4 Å². The van der Waals surface area contributed by atoms with Gasteiger partial charge in [0, 0.05) is 24.5 Å². The number of halogens is 1. The number of Topliss-reactive ketones (excluding diaryl/α,β-unsaturated/α-hetero) is 1. The van der Waals surface area contributed by atoms with Gasteiger partial charge in [-0.2, -0.15) is 0 Å². The minimum Gasteiger partial charge on any atom is -0.507 e. The van der Waals surface area contributed by atoms with E-state index < -0.39 is 23.5 Å². The zero-order valence-electron chi connectivity index (χ0n) is 17.0. The number of aromatic nitrogens is 1. The SMILES string of the molecule is CCc1ccc(/C(O)=C2\C(=O)C(=O)N(Cc3ccncc3)C2c2ccc(F)cc2)cc1. The number of hydrogen-bond donors (Lipinski definition) is 1. The van der Waals surface area contributed by atoms with Crippen molar-refractivity contribution in [1.82, 2.24) is 9.88 Å². The van der Waals surface area contributed by atoms with Crippen molar-refractivity contribution in [3.05, 3.63) is 107 Å². The number of nitrogens with zero attached hydrogens (tertiary/aromatic N) is 2. The van der Waals surface area contributed by atoms with Crippen LogP contribution in [0.5, 0.6) is 0 Å². The fraction of sp³-hybridized carbons (Fsp3) is 0.160. The van der Waals surface area contributed by atoms with Crippen molar-refractivity contribution in [2.75, 3.05) is 0 Å². The molecule has 0 saturated carbocycles. The highest BCUT2D eigenvalue weighted by atomic mass is 19.1. The van der Waals surface area contributed by atoms with Crippen LogP contribution in [-0.2, 0) is 22.6 Å². The van der Waals surface area contributed by atoms with E-state index in [-0.39, 0.29) is 17.9 Å². The van der Waals surface area contributed by atoms with Crippen LogP contribution < -0.4 is 0 Å². The third-order valence-corrected chi connectivity index (χ3v) is 5.46. The van der Waals surface area contributed by atoms with E-state index in [9.17, 15) is 19.1 Å². The summed E-state index contributed by atoms with van der Waals surface area (Å²) in [5.41, 5.74) is 2.86. The first-order valence-electron chi connectivity index (χ1n) is 10.0. The number of aryl methyl sites for hydroxylation is 1. The lowest BCUT2D eigenvalue weighted by Gasteiger charge is -2.25. The van der Waals surface area contributed by atoms with Crippen molar-refractivity contribution in [2.45, 2.75) is 25.9 Å². The lowest BCUT2D eigenvalue weighted by Crippen LogP contribution is -2.29. The van der Waals surface area contributed by atoms with E-state index in [1.54, 1.807) is 36.7 Å². The molecule has 2 heterocycles. The van der Waals surface area contributed by atoms with Crippen LogP contribution >= 0.6 is 0 Å². The minimum atomic E-state index is -0.834. The molecule has 1 aliphatic rings. The third kappa shape index (κ3) is 3.97. The molecule has 0 spiro atoms. The highest BCUT2D eigenvalue weighted by molar-refractivity contribution is 6.46. The molecule has 0 bridgehead atoms. The zero-order chi connectivity index (χ0) is 22.0. The Morgan fingerprint density at radius 1 is 0.968 bits per heavy atom. The summed E-state index contributed by atoms with van der Waals surface area (Å²) < 4.78 is 13.5. The van der Waals surface area contributed by atoms with E-state index in [2.05, 4.69) is 4.98 Å². The van der Waals surface area contributed by atoms with Crippen molar-refractivity contribution < 1.29 is 19.1 Å². The Kier molecular flexibility index (Phi) is 5.62. The van der Waals surface area contributed by atoms with E-state index >= 15 is 0 Å². The molecule has 3 aromatic rings. The molecule has 31 heavy (non-hydrogen) atoms.